The van der Waals surface area contributed by atoms with Crippen LogP contribution in [0.25, 0.3) is 0 Å². The van der Waals surface area contributed by atoms with Gasteiger partial charge in [-0.2, -0.15) is 0 Å². The summed E-state index contributed by atoms with van der Waals surface area (Å²) in [4.78, 5) is 12.3. The van der Waals surface area contributed by atoms with Crippen LogP contribution in [0.15, 0.2) is 46.9 Å². The van der Waals surface area contributed by atoms with Crippen LogP contribution in [0.4, 0.5) is 5.69 Å². The van der Waals surface area contributed by atoms with Crippen molar-refractivity contribution in [3.05, 3.63) is 56.1 Å². The van der Waals surface area contributed by atoms with Crippen LogP contribution in [-0.4, -0.2) is 12.5 Å². The number of halogens is 2. The molecule has 0 radical (unpaired) electrons. The summed E-state index contributed by atoms with van der Waals surface area (Å²) in [6, 6.07) is 13.0. The smallest absolute Gasteiger partial charge is 0.255 e. The number of hydrogen-bond donors (Lipinski definition) is 1. The van der Waals surface area contributed by atoms with Gasteiger partial charge in [0, 0.05) is 13.6 Å². The van der Waals surface area contributed by atoms with Gasteiger partial charge in [-0.05, 0) is 65.4 Å². The van der Waals surface area contributed by atoms with E-state index in [0.29, 0.717) is 12.2 Å². The van der Waals surface area contributed by atoms with Gasteiger partial charge < -0.3 is 10.1 Å². The molecule has 1 N–H and O–H groups in total. The van der Waals surface area contributed by atoms with Gasteiger partial charge in [0.2, 0.25) is 0 Å². The summed E-state index contributed by atoms with van der Waals surface area (Å²) in [5.41, 5.74) is 1.38. The largest absolute Gasteiger partial charge is 0.494 e. The van der Waals surface area contributed by atoms with Crippen LogP contribution >= 0.6 is 38.5 Å². The summed E-state index contributed by atoms with van der Waals surface area (Å²) < 4.78 is 7.51. The van der Waals surface area contributed by atoms with E-state index in [0.717, 1.165) is 25.9 Å². The topological polar surface area (TPSA) is 38.3 Å². The second kappa shape index (κ2) is 7.79. The first-order valence-corrected chi connectivity index (χ1v) is 8.46. The zero-order valence-electron chi connectivity index (χ0n) is 11.5. The van der Waals surface area contributed by atoms with Crippen molar-refractivity contribution in [3.63, 3.8) is 0 Å². The summed E-state index contributed by atoms with van der Waals surface area (Å²) in [5, 5.41) is 2.91. The highest BCUT2D eigenvalue weighted by atomic mass is 127. The first-order chi connectivity index (χ1) is 10.1. The lowest BCUT2D eigenvalue weighted by molar-refractivity contribution is 0.102. The number of amides is 1. The van der Waals surface area contributed by atoms with Gasteiger partial charge in [0.25, 0.3) is 5.91 Å². The van der Waals surface area contributed by atoms with Gasteiger partial charge in [-0.1, -0.05) is 28.9 Å². The van der Waals surface area contributed by atoms with E-state index >= 15 is 0 Å². The summed E-state index contributed by atoms with van der Waals surface area (Å²) in [6.07, 6.45) is 0.938. The Kier molecular flexibility index (Phi) is 6.05. The predicted molar refractivity (Wildman–Crippen MR) is 97.0 cm³/mol. The Hall–Kier alpha value is -1.08. The van der Waals surface area contributed by atoms with E-state index in [2.05, 4.69) is 43.8 Å². The Morgan fingerprint density at radius 3 is 2.81 bits per heavy atom. The predicted octanol–water partition coefficient (Wildman–Crippen LogP) is 5.09. The number of carbonyl (C=O) groups excluding carboxylic acids is 1. The fourth-order valence-electron chi connectivity index (χ4n) is 1.73. The van der Waals surface area contributed by atoms with Gasteiger partial charge >= 0.3 is 0 Å². The van der Waals surface area contributed by atoms with Crippen LogP contribution in [0, 0.1) is 3.57 Å². The van der Waals surface area contributed by atoms with E-state index < -0.39 is 0 Å². The van der Waals surface area contributed by atoms with Crippen LogP contribution in [0.5, 0.6) is 5.75 Å². The van der Waals surface area contributed by atoms with E-state index in [4.69, 9.17) is 4.74 Å². The van der Waals surface area contributed by atoms with Crippen molar-refractivity contribution < 1.29 is 9.53 Å². The number of carbonyl (C=O) groups is 1. The zero-order valence-corrected chi connectivity index (χ0v) is 15.3. The lowest BCUT2D eigenvalue weighted by atomic mass is 10.2. The molecule has 110 valence electrons. The fraction of sp³-hybridized carbons (Fsp3) is 0.188. The number of ether oxygens (including phenoxy) is 1. The van der Waals surface area contributed by atoms with E-state index in [1.165, 1.54) is 0 Å². The number of nitrogens with one attached hydrogen (secondary N) is 1. The molecule has 0 unspecified atom stereocenters. The van der Waals surface area contributed by atoms with Crippen molar-refractivity contribution in [2.24, 2.45) is 0 Å². The minimum Gasteiger partial charge on any atom is -0.494 e. The highest BCUT2D eigenvalue weighted by molar-refractivity contribution is 14.1. The first kappa shape index (κ1) is 16.3. The molecule has 2 rings (SSSR count). The van der Waals surface area contributed by atoms with Crippen LogP contribution in [0.2, 0.25) is 0 Å². The molecule has 0 spiro atoms. The van der Waals surface area contributed by atoms with Crippen molar-refractivity contribution in [1.82, 2.24) is 0 Å². The van der Waals surface area contributed by atoms with Gasteiger partial charge in [-0.15, -0.1) is 0 Å². The van der Waals surface area contributed by atoms with Gasteiger partial charge in [0.05, 0.1) is 12.3 Å². The molecule has 3 nitrogen and oxygen atoms in total. The first-order valence-electron chi connectivity index (χ1n) is 6.59. The van der Waals surface area contributed by atoms with Crippen molar-refractivity contribution in [2.75, 3.05) is 11.9 Å². The number of anilines is 1. The molecule has 0 heterocycles. The van der Waals surface area contributed by atoms with E-state index in [9.17, 15) is 4.79 Å². The number of hydrogen-bond acceptors (Lipinski definition) is 2. The molecular formula is C16H15BrINO2. The molecule has 0 aromatic heterocycles. The van der Waals surface area contributed by atoms with Crippen molar-refractivity contribution in [2.45, 2.75) is 13.3 Å². The number of rotatable bonds is 5. The quantitative estimate of drug-likeness (QED) is 0.632. The lowest BCUT2D eigenvalue weighted by Gasteiger charge is -2.09. The maximum absolute atomic E-state index is 12.3. The summed E-state index contributed by atoms with van der Waals surface area (Å²) in [7, 11) is 0. The van der Waals surface area contributed by atoms with Gasteiger partial charge in [-0.25, -0.2) is 0 Å². The van der Waals surface area contributed by atoms with Crippen LogP contribution in [0.3, 0.4) is 0 Å². The third-order valence-electron chi connectivity index (χ3n) is 2.75. The summed E-state index contributed by atoms with van der Waals surface area (Å²) >= 11 is 5.60. The molecule has 0 bridgehead atoms. The highest BCUT2D eigenvalue weighted by Crippen LogP contribution is 2.23. The molecule has 0 fully saturated rings. The standard InChI is InChI=1S/C16H15BrINO2/c1-2-8-21-13-5-3-4-11(9-13)16(20)19-15-7-6-12(17)10-14(15)18/h3-7,9-10H,2,8H2,1H3,(H,19,20). The average Bonchev–Trinajstić information content (AvgIpc) is 2.48. The maximum Gasteiger partial charge on any atom is 0.255 e. The van der Waals surface area contributed by atoms with Gasteiger partial charge in [-0.3, -0.25) is 4.79 Å². The SMILES string of the molecule is CCCOc1cccc(C(=O)Nc2ccc(Br)cc2I)c1. The molecule has 2 aromatic carbocycles. The summed E-state index contributed by atoms with van der Waals surface area (Å²) in [6.45, 7) is 2.70. The van der Waals surface area contributed by atoms with Gasteiger partial charge in [0.15, 0.2) is 0 Å². The molecule has 5 heteroatoms. The lowest BCUT2D eigenvalue weighted by Crippen LogP contribution is -2.13. The van der Waals surface area contributed by atoms with E-state index in [-0.39, 0.29) is 5.91 Å². The van der Waals surface area contributed by atoms with Gasteiger partial charge in [0.1, 0.15) is 5.75 Å². The molecular weight excluding hydrogens is 445 g/mol. The Bertz CT molecular complexity index is 646. The molecule has 21 heavy (non-hydrogen) atoms. The Labute approximate surface area is 146 Å². The molecule has 0 saturated heterocycles. The second-order valence-corrected chi connectivity index (χ2v) is 6.53. The number of benzene rings is 2. The molecule has 2 aromatic rings. The van der Waals surface area contributed by atoms with Crippen LogP contribution in [-0.2, 0) is 0 Å². The molecule has 1 amide bonds. The maximum atomic E-state index is 12.3. The minimum absolute atomic E-state index is 0.141. The normalized spacial score (nSPS) is 10.2. The van der Waals surface area contributed by atoms with Crippen LogP contribution in [0.1, 0.15) is 23.7 Å². The Balaban J connectivity index is 2.12. The van der Waals surface area contributed by atoms with Crippen LogP contribution < -0.4 is 10.1 Å². The highest BCUT2D eigenvalue weighted by Gasteiger charge is 2.09. The fourth-order valence-corrected chi connectivity index (χ4v) is 3.17. The second-order valence-electron chi connectivity index (χ2n) is 4.45. The molecule has 0 saturated carbocycles. The third kappa shape index (κ3) is 4.71. The Morgan fingerprint density at radius 1 is 1.29 bits per heavy atom. The molecule has 0 aliphatic rings. The van der Waals surface area contributed by atoms with E-state index in [1.807, 2.05) is 37.3 Å². The van der Waals surface area contributed by atoms with Crippen molar-refractivity contribution in [1.29, 1.82) is 0 Å². The molecule has 0 atom stereocenters. The third-order valence-corrected chi connectivity index (χ3v) is 4.13. The molecule has 0 aliphatic heterocycles. The summed E-state index contributed by atoms with van der Waals surface area (Å²) in [5.74, 6) is 0.576. The van der Waals surface area contributed by atoms with E-state index in [1.54, 1.807) is 12.1 Å². The monoisotopic (exact) mass is 459 g/mol. The Morgan fingerprint density at radius 2 is 2.10 bits per heavy atom. The average molecular weight is 460 g/mol. The van der Waals surface area contributed by atoms with Crippen molar-refractivity contribution in [3.8, 4) is 5.75 Å². The van der Waals surface area contributed by atoms with Crippen molar-refractivity contribution >= 4 is 50.1 Å². The zero-order chi connectivity index (χ0) is 15.2. The molecule has 0 aliphatic carbocycles. The minimum atomic E-state index is -0.141.